The van der Waals surface area contributed by atoms with E-state index in [-0.39, 0.29) is 18.4 Å². The average molecular weight is 348 g/mol. The Hall–Kier alpha value is -2.54. The van der Waals surface area contributed by atoms with E-state index in [1.165, 1.54) is 11.3 Å². The molecule has 0 fully saturated rings. The van der Waals surface area contributed by atoms with E-state index in [0.29, 0.717) is 17.8 Å². The number of rotatable bonds is 8. The molecule has 0 atom stereocenters. The molecule has 2 aromatic rings. The van der Waals surface area contributed by atoms with Gasteiger partial charge in [0.25, 0.3) is 5.91 Å². The minimum atomic E-state index is -0.241. The fraction of sp³-hybridized carbons (Fsp3) is 0.294. The predicted molar refractivity (Wildman–Crippen MR) is 92.9 cm³/mol. The first-order valence-electron chi connectivity index (χ1n) is 7.43. The summed E-state index contributed by atoms with van der Waals surface area (Å²) < 4.78 is 10.5. The summed E-state index contributed by atoms with van der Waals surface area (Å²) >= 11 is 1.34. The molecule has 2 amide bonds. The van der Waals surface area contributed by atoms with Crippen LogP contribution in [0.3, 0.4) is 0 Å². The van der Waals surface area contributed by atoms with Crippen LogP contribution in [-0.4, -0.2) is 39.1 Å². The van der Waals surface area contributed by atoms with Gasteiger partial charge in [-0.1, -0.05) is 6.07 Å². The van der Waals surface area contributed by atoms with Crippen molar-refractivity contribution in [1.82, 2.24) is 10.6 Å². The summed E-state index contributed by atoms with van der Waals surface area (Å²) in [6.45, 7) is 0.392. The monoisotopic (exact) mass is 348 g/mol. The minimum Gasteiger partial charge on any atom is -0.497 e. The molecule has 24 heavy (non-hydrogen) atoms. The molecule has 0 aliphatic rings. The molecule has 1 heterocycles. The first-order valence-corrected chi connectivity index (χ1v) is 8.31. The molecule has 0 unspecified atom stereocenters. The highest BCUT2D eigenvalue weighted by Gasteiger charge is 2.09. The number of amides is 2. The molecule has 0 saturated carbocycles. The second-order valence-corrected chi connectivity index (χ2v) is 5.89. The largest absolute Gasteiger partial charge is 0.497 e. The third kappa shape index (κ3) is 4.99. The van der Waals surface area contributed by atoms with Crippen LogP contribution in [0, 0.1) is 0 Å². The van der Waals surface area contributed by atoms with Gasteiger partial charge in [-0.25, -0.2) is 0 Å². The van der Waals surface area contributed by atoms with Crippen LogP contribution in [-0.2, 0) is 11.2 Å². The molecule has 2 N–H and O–H groups in total. The van der Waals surface area contributed by atoms with Gasteiger partial charge in [0.05, 0.1) is 25.6 Å². The van der Waals surface area contributed by atoms with Gasteiger partial charge >= 0.3 is 0 Å². The van der Waals surface area contributed by atoms with Crippen molar-refractivity contribution in [3.8, 4) is 11.5 Å². The lowest BCUT2D eigenvalue weighted by atomic mass is 10.1. The standard InChI is InChI=1S/C17H20N2O4S/c1-22-13-5-6-14(23-2)12(10-13)7-8-18-16(20)11-19-17(21)15-4-3-9-24-15/h3-6,9-10H,7-8,11H2,1-2H3,(H,18,20)(H,19,21). The summed E-state index contributed by atoms with van der Waals surface area (Å²) in [4.78, 5) is 24.1. The quantitative estimate of drug-likeness (QED) is 0.763. The molecule has 1 aromatic heterocycles. The smallest absolute Gasteiger partial charge is 0.261 e. The Morgan fingerprint density at radius 2 is 1.96 bits per heavy atom. The van der Waals surface area contributed by atoms with Gasteiger partial charge in [0.15, 0.2) is 0 Å². The summed E-state index contributed by atoms with van der Waals surface area (Å²) in [7, 11) is 3.20. The maximum Gasteiger partial charge on any atom is 0.261 e. The number of carbonyl (C=O) groups excluding carboxylic acids is 2. The van der Waals surface area contributed by atoms with Gasteiger partial charge in [-0.2, -0.15) is 0 Å². The SMILES string of the molecule is COc1ccc(OC)c(CCNC(=O)CNC(=O)c2cccs2)c1. The Bertz CT molecular complexity index is 686. The summed E-state index contributed by atoms with van der Waals surface area (Å²) in [6, 6.07) is 9.04. The average Bonchev–Trinajstić information content (AvgIpc) is 3.14. The molecule has 0 radical (unpaired) electrons. The number of hydrogen-bond donors (Lipinski definition) is 2. The zero-order valence-corrected chi connectivity index (χ0v) is 14.4. The Morgan fingerprint density at radius 3 is 2.62 bits per heavy atom. The maximum absolute atomic E-state index is 11.8. The zero-order valence-electron chi connectivity index (χ0n) is 13.6. The molecule has 0 aliphatic heterocycles. The van der Waals surface area contributed by atoms with E-state index < -0.39 is 0 Å². The van der Waals surface area contributed by atoms with E-state index in [2.05, 4.69) is 10.6 Å². The Balaban J connectivity index is 1.77. The first kappa shape index (κ1) is 17.8. The third-order valence-corrected chi connectivity index (χ3v) is 4.23. The molecule has 1 aromatic carbocycles. The highest BCUT2D eigenvalue weighted by molar-refractivity contribution is 7.12. The van der Waals surface area contributed by atoms with E-state index in [1.807, 2.05) is 23.6 Å². The van der Waals surface area contributed by atoms with Gasteiger partial charge in [0, 0.05) is 6.54 Å². The second-order valence-electron chi connectivity index (χ2n) is 4.94. The first-order chi connectivity index (χ1) is 11.6. The summed E-state index contributed by atoms with van der Waals surface area (Å²) in [6.07, 6.45) is 0.602. The number of benzene rings is 1. The normalized spacial score (nSPS) is 10.1. The van der Waals surface area contributed by atoms with Crippen molar-refractivity contribution in [1.29, 1.82) is 0 Å². The summed E-state index contributed by atoms with van der Waals surface area (Å²) in [5.74, 6) is 1.01. The van der Waals surface area contributed by atoms with Crippen molar-refractivity contribution in [3.05, 3.63) is 46.2 Å². The van der Waals surface area contributed by atoms with Crippen molar-refractivity contribution in [2.45, 2.75) is 6.42 Å². The lowest BCUT2D eigenvalue weighted by molar-refractivity contribution is -0.120. The van der Waals surface area contributed by atoms with E-state index in [4.69, 9.17) is 9.47 Å². The van der Waals surface area contributed by atoms with Gasteiger partial charge in [-0.3, -0.25) is 9.59 Å². The minimum absolute atomic E-state index is 0.0496. The zero-order chi connectivity index (χ0) is 17.4. The fourth-order valence-corrected chi connectivity index (χ4v) is 2.77. The Labute approximate surface area is 144 Å². The van der Waals surface area contributed by atoms with E-state index in [9.17, 15) is 9.59 Å². The lowest BCUT2D eigenvalue weighted by Crippen LogP contribution is -2.37. The van der Waals surface area contributed by atoms with Crippen molar-refractivity contribution < 1.29 is 19.1 Å². The molecule has 6 nitrogen and oxygen atoms in total. The van der Waals surface area contributed by atoms with Crippen LogP contribution >= 0.6 is 11.3 Å². The highest BCUT2D eigenvalue weighted by atomic mass is 32.1. The molecule has 0 bridgehead atoms. The fourth-order valence-electron chi connectivity index (χ4n) is 2.13. The van der Waals surface area contributed by atoms with Gasteiger partial charge in [0.1, 0.15) is 11.5 Å². The van der Waals surface area contributed by atoms with Crippen LogP contribution in [0.25, 0.3) is 0 Å². The molecule has 0 saturated heterocycles. The van der Waals surface area contributed by atoms with Crippen LogP contribution in [0.4, 0.5) is 0 Å². The Kier molecular flexibility index (Phi) is 6.62. The Morgan fingerprint density at radius 1 is 1.12 bits per heavy atom. The summed E-state index contributed by atoms with van der Waals surface area (Å²) in [5, 5.41) is 7.18. The summed E-state index contributed by atoms with van der Waals surface area (Å²) in [5.41, 5.74) is 0.944. The molecule has 0 spiro atoms. The van der Waals surface area contributed by atoms with Gasteiger partial charge in [-0.05, 0) is 41.6 Å². The van der Waals surface area contributed by atoms with Crippen LogP contribution in [0.1, 0.15) is 15.2 Å². The number of ether oxygens (including phenoxy) is 2. The second kappa shape index (κ2) is 8.93. The molecular weight excluding hydrogens is 328 g/mol. The van der Waals surface area contributed by atoms with Crippen LogP contribution in [0.2, 0.25) is 0 Å². The molecule has 2 rings (SSSR count). The van der Waals surface area contributed by atoms with E-state index in [0.717, 1.165) is 17.1 Å². The predicted octanol–water partition coefficient (Wildman–Crippen LogP) is 1.85. The number of hydrogen-bond acceptors (Lipinski definition) is 5. The number of thiophene rings is 1. The van der Waals surface area contributed by atoms with E-state index in [1.54, 1.807) is 26.4 Å². The molecule has 128 valence electrons. The molecular formula is C17H20N2O4S. The number of nitrogens with one attached hydrogen (secondary N) is 2. The van der Waals surface area contributed by atoms with Crippen molar-refractivity contribution >= 4 is 23.2 Å². The van der Waals surface area contributed by atoms with Crippen molar-refractivity contribution in [2.75, 3.05) is 27.3 Å². The number of carbonyl (C=O) groups is 2. The van der Waals surface area contributed by atoms with Crippen LogP contribution < -0.4 is 20.1 Å². The van der Waals surface area contributed by atoms with Crippen molar-refractivity contribution in [3.63, 3.8) is 0 Å². The number of methoxy groups -OCH3 is 2. The van der Waals surface area contributed by atoms with Gasteiger partial charge < -0.3 is 20.1 Å². The third-order valence-electron chi connectivity index (χ3n) is 3.36. The lowest BCUT2D eigenvalue weighted by Gasteiger charge is -2.11. The van der Waals surface area contributed by atoms with Crippen molar-refractivity contribution in [2.24, 2.45) is 0 Å². The van der Waals surface area contributed by atoms with Gasteiger partial charge in [0.2, 0.25) is 5.91 Å². The highest BCUT2D eigenvalue weighted by Crippen LogP contribution is 2.24. The molecule has 7 heteroatoms. The van der Waals surface area contributed by atoms with Crippen LogP contribution in [0.15, 0.2) is 35.7 Å². The van der Waals surface area contributed by atoms with Gasteiger partial charge in [-0.15, -0.1) is 11.3 Å². The molecule has 0 aliphatic carbocycles. The van der Waals surface area contributed by atoms with E-state index >= 15 is 0 Å². The topological polar surface area (TPSA) is 76.7 Å². The van der Waals surface area contributed by atoms with Crippen LogP contribution in [0.5, 0.6) is 11.5 Å². The maximum atomic E-state index is 11.8.